The van der Waals surface area contributed by atoms with Gasteiger partial charge in [0.1, 0.15) is 5.75 Å². The normalized spacial score (nSPS) is 27.8. The minimum atomic E-state index is 0.284. The minimum Gasteiger partial charge on any atom is -0.506 e. The molecule has 3 nitrogen and oxygen atoms in total. The zero-order valence-electron chi connectivity index (χ0n) is 7.48. The fraction of sp³-hybridized carbons (Fsp3) is 0.500. The van der Waals surface area contributed by atoms with Crippen LogP contribution in [0.15, 0.2) is 18.3 Å². The third kappa shape index (κ3) is 1.65. The average molecular weight is 178 g/mol. The molecule has 2 atom stereocenters. The van der Waals surface area contributed by atoms with Crippen LogP contribution in [0.2, 0.25) is 0 Å². The van der Waals surface area contributed by atoms with Crippen LogP contribution in [0.4, 0.5) is 0 Å². The van der Waals surface area contributed by atoms with E-state index >= 15 is 0 Å². The molecule has 3 N–H and O–H groups in total. The average Bonchev–Trinajstić information content (AvgIpc) is 2.53. The molecule has 0 aliphatic heterocycles. The van der Waals surface area contributed by atoms with Crippen LogP contribution >= 0.6 is 0 Å². The smallest absolute Gasteiger partial charge is 0.137 e. The van der Waals surface area contributed by atoms with Gasteiger partial charge in [-0.05, 0) is 31.4 Å². The number of hydrogen-bond acceptors (Lipinski definition) is 3. The van der Waals surface area contributed by atoms with Gasteiger partial charge in [0.05, 0.1) is 5.69 Å². The van der Waals surface area contributed by atoms with E-state index in [0.29, 0.717) is 11.7 Å². The first-order valence-corrected chi connectivity index (χ1v) is 4.67. The molecule has 0 bridgehead atoms. The van der Waals surface area contributed by atoms with Crippen molar-refractivity contribution < 1.29 is 5.11 Å². The Hall–Kier alpha value is -1.09. The van der Waals surface area contributed by atoms with Crippen molar-refractivity contribution in [3.8, 4) is 5.75 Å². The molecule has 0 spiro atoms. The molecule has 13 heavy (non-hydrogen) atoms. The molecule has 3 heteroatoms. The topological polar surface area (TPSA) is 59.1 Å². The van der Waals surface area contributed by atoms with E-state index in [2.05, 4.69) is 4.98 Å². The zero-order chi connectivity index (χ0) is 9.26. The van der Waals surface area contributed by atoms with Crippen molar-refractivity contribution in [2.75, 3.05) is 0 Å². The number of rotatable bonds is 1. The van der Waals surface area contributed by atoms with E-state index in [0.717, 1.165) is 25.0 Å². The van der Waals surface area contributed by atoms with Crippen LogP contribution in [0.5, 0.6) is 5.75 Å². The molecular formula is C10H14N2O. The molecule has 0 amide bonds. The maximum Gasteiger partial charge on any atom is 0.137 e. The lowest BCUT2D eigenvalue weighted by Crippen LogP contribution is -2.14. The third-order valence-electron chi connectivity index (χ3n) is 2.68. The van der Waals surface area contributed by atoms with Crippen molar-refractivity contribution >= 4 is 0 Å². The SMILES string of the molecule is NC1CCC(c2ncccc2O)C1. The Bertz CT molecular complexity index is 301. The first-order chi connectivity index (χ1) is 6.27. The van der Waals surface area contributed by atoms with Gasteiger partial charge < -0.3 is 10.8 Å². The first kappa shape index (κ1) is 8.51. The summed E-state index contributed by atoms with van der Waals surface area (Å²) in [6.45, 7) is 0. The zero-order valence-corrected chi connectivity index (χ0v) is 7.48. The van der Waals surface area contributed by atoms with Crippen molar-refractivity contribution in [3.63, 3.8) is 0 Å². The largest absolute Gasteiger partial charge is 0.506 e. The van der Waals surface area contributed by atoms with Gasteiger partial charge in [-0.3, -0.25) is 4.98 Å². The summed E-state index contributed by atoms with van der Waals surface area (Å²) in [6, 6.07) is 3.71. The van der Waals surface area contributed by atoms with Gasteiger partial charge in [0.2, 0.25) is 0 Å². The fourth-order valence-electron chi connectivity index (χ4n) is 1.99. The summed E-state index contributed by atoms with van der Waals surface area (Å²) in [5, 5.41) is 9.55. The molecule has 70 valence electrons. The lowest BCUT2D eigenvalue weighted by Gasteiger charge is -2.09. The van der Waals surface area contributed by atoms with Gasteiger partial charge in [-0.1, -0.05) is 0 Å². The highest BCUT2D eigenvalue weighted by Gasteiger charge is 2.25. The van der Waals surface area contributed by atoms with Gasteiger partial charge in [-0.15, -0.1) is 0 Å². The molecule has 0 aromatic carbocycles. The Morgan fingerprint density at radius 1 is 1.46 bits per heavy atom. The molecule has 1 aromatic heterocycles. The van der Waals surface area contributed by atoms with Crippen LogP contribution in [0, 0.1) is 0 Å². The van der Waals surface area contributed by atoms with Crippen LogP contribution in [-0.4, -0.2) is 16.1 Å². The van der Waals surface area contributed by atoms with Crippen LogP contribution in [-0.2, 0) is 0 Å². The van der Waals surface area contributed by atoms with E-state index in [4.69, 9.17) is 5.73 Å². The quantitative estimate of drug-likeness (QED) is 0.683. The van der Waals surface area contributed by atoms with Crippen LogP contribution in [0.1, 0.15) is 30.9 Å². The number of hydrogen-bond donors (Lipinski definition) is 2. The highest BCUT2D eigenvalue weighted by Crippen LogP contribution is 2.36. The second-order valence-electron chi connectivity index (χ2n) is 3.68. The lowest BCUT2D eigenvalue weighted by atomic mass is 10.0. The predicted molar refractivity (Wildman–Crippen MR) is 50.5 cm³/mol. The van der Waals surface area contributed by atoms with Gasteiger partial charge in [0.15, 0.2) is 0 Å². The van der Waals surface area contributed by atoms with E-state index in [1.165, 1.54) is 0 Å². The van der Waals surface area contributed by atoms with Gasteiger partial charge >= 0.3 is 0 Å². The Balaban J connectivity index is 2.21. The highest BCUT2D eigenvalue weighted by atomic mass is 16.3. The van der Waals surface area contributed by atoms with Gasteiger partial charge in [-0.25, -0.2) is 0 Å². The Labute approximate surface area is 77.6 Å². The second-order valence-corrected chi connectivity index (χ2v) is 3.68. The molecule has 2 unspecified atom stereocenters. The van der Waals surface area contributed by atoms with Crippen molar-refractivity contribution in [2.45, 2.75) is 31.2 Å². The Morgan fingerprint density at radius 3 is 2.92 bits per heavy atom. The molecule has 1 aliphatic carbocycles. The lowest BCUT2D eigenvalue weighted by molar-refractivity contribution is 0.455. The minimum absolute atomic E-state index is 0.284. The van der Waals surface area contributed by atoms with Crippen LogP contribution in [0.25, 0.3) is 0 Å². The summed E-state index contributed by atoms with van der Waals surface area (Å²) in [5.41, 5.74) is 6.62. The molecule has 1 heterocycles. The second kappa shape index (κ2) is 3.34. The monoisotopic (exact) mass is 178 g/mol. The van der Waals surface area contributed by atoms with E-state index in [9.17, 15) is 5.11 Å². The number of pyridine rings is 1. The van der Waals surface area contributed by atoms with Gasteiger partial charge in [-0.2, -0.15) is 0 Å². The predicted octanol–water partition coefficient (Wildman–Crippen LogP) is 1.38. The number of aromatic hydroxyl groups is 1. The maximum absolute atomic E-state index is 9.55. The van der Waals surface area contributed by atoms with Crippen LogP contribution < -0.4 is 5.73 Å². The number of nitrogens with two attached hydrogens (primary N) is 1. The summed E-state index contributed by atoms with van der Waals surface area (Å²) in [7, 11) is 0. The Kier molecular flexibility index (Phi) is 2.19. The van der Waals surface area contributed by atoms with Gasteiger partial charge in [0, 0.05) is 18.2 Å². The van der Waals surface area contributed by atoms with Crippen LogP contribution in [0.3, 0.4) is 0 Å². The van der Waals surface area contributed by atoms with Crippen molar-refractivity contribution in [1.82, 2.24) is 4.98 Å². The molecule has 2 rings (SSSR count). The molecule has 1 saturated carbocycles. The molecule has 0 saturated heterocycles. The maximum atomic E-state index is 9.55. The Morgan fingerprint density at radius 2 is 2.31 bits per heavy atom. The van der Waals surface area contributed by atoms with E-state index in [1.807, 2.05) is 0 Å². The molecular weight excluding hydrogens is 164 g/mol. The standard InChI is InChI=1S/C10H14N2O/c11-8-4-3-7(6-8)10-9(13)2-1-5-12-10/h1-2,5,7-8,13H,3-4,6,11H2. The van der Waals surface area contributed by atoms with E-state index in [-0.39, 0.29) is 6.04 Å². The summed E-state index contributed by atoms with van der Waals surface area (Å²) >= 11 is 0. The summed E-state index contributed by atoms with van der Waals surface area (Å²) < 4.78 is 0. The highest BCUT2D eigenvalue weighted by molar-refractivity contribution is 5.29. The fourth-order valence-corrected chi connectivity index (χ4v) is 1.99. The third-order valence-corrected chi connectivity index (χ3v) is 2.68. The number of aromatic nitrogens is 1. The number of nitrogens with zero attached hydrogens (tertiary/aromatic N) is 1. The molecule has 1 aliphatic rings. The van der Waals surface area contributed by atoms with E-state index < -0.39 is 0 Å². The summed E-state index contributed by atoms with van der Waals surface area (Å²) in [4.78, 5) is 4.19. The molecule has 0 radical (unpaired) electrons. The first-order valence-electron chi connectivity index (χ1n) is 4.67. The van der Waals surface area contributed by atoms with Gasteiger partial charge in [0.25, 0.3) is 0 Å². The van der Waals surface area contributed by atoms with Crippen molar-refractivity contribution in [2.24, 2.45) is 5.73 Å². The van der Waals surface area contributed by atoms with E-state index in [1.54, 1.807) is 18.3 Å². The van der Waals surface area contributed by atoms with Crippen molar-refractivity contribution in [1.29, 1.82) is 0 Å². The summed E-state index contributed by atoms with van der Waals surface area (Å²) in [5.74, 6) is 0.665. The van der Waals surface area contributed by atoms with Crippen molar-refractivity contribution in [3.05, 3.63) is 24.0 Å². The molecule has 1 aromatic rings. The summed E-state index contributed by atoms with van der Waals surface area (Å²) in [6.07, 6.45) is 4.76. The molecule has 1 fully saturated rings.